The van der Waals surface area contributed by atoms with Gasteiger partial charge < -0.3 is 49.8 Å². The third-order valence-electron chi connectivity index (χ3n) is 9.28. The van der Waals surface area contributed by atoms with Crippen molar-refractivity contribution in [3.8, 4) is 34.3 Å². The molecule has 25 heteroatoms. The normalized spacial score (nSPS) is 17.2. The summed E-state index contributed by atoms with van der Waals surface area (Å²) in [4.78, 5) is 80.9. The van der Waals surface area contributed by atoms with Crippen molar-refractivity contribution < 1.29 is 70.3 Å². The van der Waals surface area contributed by atoms with Crippen LogP contribution in [0.4, 0.5) is 11.5 Å². The van der Waals surface area contributed by atoms with E-state index in [4.69, 9.17) is 24.7 Å². The highest BCUT2D eigenvalue weighted by Gasteiger charge is 2.41. The highest BCUT2D eigenvalue weighted by atomic mass is 31.3. The Bertz CT molecular complexity index is 2910. The van der Waals surface area contributed by atoms with Crippen LogP contribution < -0.4 is 31.6 Å². The van der Waals surface area contributed by atoms with Gasteiger partial charge in [0.25, 0.3) is 5.91 Å². The third kappa shape index (κ3) is 10.9. The van der Waals surface area contributed by atoms with E-state index in [9.17, 15) is 43.0 Å². The van der Waals surface area contributed by atoms with Crippen LogP contribution in [0.25, 0.3) is 33.4 Å². The van der Waals surface area contributed by atoms with Crippen molar-refractivity contribution in [3.05, 3.63) is 93.3 Å². The molecule has 2 aliphatic heterocycles. The fourth-order valence-corrected chi connectivity index (χ4v) is 9.49. The number of aromatic carboxylic acids is 1. The summed E-state index contributed by atoms with van der Waals surface area (Å²) >= 11 is 0. The summed E-state index contributed by atoms with van der Waals surface area (Å²) in [5.74, 6) is 3.83. The van der Waals surface area contributed by atoms with Gasteiger partial charge in [0.15, 0.2) is 0 Å². The van der Waals surface area contributed by atoms with Crippen LogP contribution in [0.5, 0.6) is 0 Å². The number of hydrogen-bond donors (Lipinski definition) is 7. The molecule has 0 spiro atoms. The van der Waals surface area contributed by atoms with Crippen molar-refractivity contribution in [1.29, 1.82) is 0 Å². The number of benzene rings is 3. The lowest BCUT2D eigenvalue weighted by Gasteiger charge is -2.19. The molecular weight excluding hydrogens is 877 g/mol. The lowest BCUT2D eigenvalue weighted by molar-refractivity contribution is -0.0242. The van der Waals surface area contributed by atoms with Crippen LogP contribution in [0, 0.1) is 11.8 Å². The van der Waals surface area contributed by atoms with Gasteiger partial charge in [-0.25, -0.2) is 27.9 Å². The number of aromatic nitrogens is 2. The number of carboxylic acid groups (broad SMARTS) is 1. The van der Waals surface area contributed by atoms with Crippen LogP contribution >= 0.6 is 23.5 Å². The molecule has 2 unspecified atom stereocenters. The molecule has 8 N–H and O–H groups in total. The Kier molecular flexibility index (Phi) is 13.4. The maximum atomic E-state index is 13.3. The fourth-order valence-electron chi connectivity index (χ4n) is 6.44. The van der Waals surface area contributed by atoms with Gasteiger partial charge in [-0.15, -0.1) is 0 Å². The van der Waals surface area contributed by atoms with Crippen molar-refractivity contribution >= 4 is 57.8 Å². The molecule has 2 aromatic carbocycles. The second-order valence-corrected chi connectivity index (χ2v) is 18.5. The van der Waals surface area contributed by atoms with E-state index in [1.807, 2.05) is 74.1 Å². The van der Waals surface area contributed by atoms with E-state index in [1.165, 1.54) is 18.3 Å². The van der Waals surface area contributed by atoms with E-state index in [2.05, 4.69) is 35.3 Å². The van der Waals surface area contributed by atoms with Crippen LogP contribution in [-0.4, -0.2) is 93.6 Å². The predicted octanol–water partition coefficient (Wildman–Crippen LogP) is 2.94. The average Bonchev–Trinajstić information content (AvgIpc) is 3.65. The lowest BCUT2D eigenvalue weighted by atomic mass is 9.89. The van der Waals surface area contributed by atoms with Gasteiger partial charge in [-0.05, 0) is 48.7 Å². The molecule has 0 radical (unpaired) electrons. The Hall–Kier alpha value is -5.52. The first-order valence-corrected chi connectivity index (χ1v) is 22.7. The number of nitrogen functional groups attached to an aromatic ring is 1. The number of rotatable bonds is 13. The molecule has 1 aliphatic carbocycles. The maximum Gasteiger partial charge on any atom is 0.490 e. The Morgan fingerprint density at radius 3 is 2.40 bits per heavy atom. The number of phosphoric acid groups is 3. The number of nitrogens with two attached hydrogens (primary N) is 1. The lowest BCUT2D eigenvalue weighted by Crippen LogP contribution is -2.29. The zero-order chi connectivity index (χ0) is 45.3. The number of ether oxygens (including phenoxy) is 1. The smallest absolute Gasteiger partial charge is 0.478 e. The number of amides is 1. The van der Waals surface area contributed by atoms with Crippen LogP contribution in [0.15, 0.2) is 70.0 Å². The van der Waals surface area contributed by atoms with E-state index < -0.39 is 60.0 Å². The van der Waals surface area contributed by atoms with Crippen molar-refractivity contribution in [2.45, 2.75) is 25.2 Å². The average molecular weight is 918 g/mol. The van der Waals surface area contributed by atoms with Crippen molar-refractivity contribution in [1.82, 2.24) is 19.4 Å². The number of anilines is 2. The van der Waals surface area contributed by atoms with Crippen molar-refractivity contribution in [3.63, 3.8) is 0 Å². The molecule has 6 rings (SSSR count). The summed E-state index contributed by atoms with van der Waals surface area (Å²) in [6.45, 7) is -0.950. The quantitative estimate of drug-likeness (QED) is 0.0386. The Morgan fingerprint density at radius 1 is 1.00 bits per heavy atom. The van der Waals surface area contributed by atoms with Gasteiger partial charge in [0.1, 0.15) is 37.5 Å². The van der Waals surface area contributed by atoms with Gasteiger partial charge in [-0.3, -0.25) is 13.9 Å². The zero-order valence-electron chi connectivity index (χ0n) is 33.2. The topological polar surface area (TPSA) is 316 Å². The molecule has 0 saturated carbocycles. The fraction of sp³-hybridized carbons (Fsp3) is 0.270. The zero-order valence-corrected chi connectivity index (χ0v) is 35.9. The van der Waals surface area contributed by atoms with Crippen LogP contribution in [0.3, 0.4) is 0 Å². The summed E-state index contributed by atoms with van der Waals surface area (Å²) in [7, 11) is -9.11. The molecule has 1 aromatic heterocycles. The predicted molar refractivity (Wildman–Crippen MR) is 222 cm³/mol. The summed E-state index contributed by atoms with van der Waals surface area (Å²) in [5.41, 5.74) is 8.14. The van der Waals surface area contributed by atoms with Gasteiger partial charge in [0, 0.05) is 60.2 Å². The van der Waals surface area contributed by atoms with E-state index in [0.717, 1.165) is 15.6 Å². The first-order valence-electron chi connectivity index (χ1n) is 18.2. The molecule has 0 bridgehead atoms. The number of carboxylic acids is 1. The highest BCUT2D eigenvalue weighted by molar-refractivity contribution is 7.66. The Labute approximate surface area is 351 Å². The molecular formula is C37H40N6O16P3+. The molecule has 3 aliphatic rings. The molecule has 1 fully saturated rings. The van der Waals surface area contributed by atoms with E-state index in [1.54, 1.807) is 6.07 Å². The number of fused-ring (bicyclic) bond motifs is 2. The van der Waals surface area contributed by atoms with Crippen LogP contribution in [-0.2, 0) is 31.6 Å². The summed E-state index contributed by atoms with van der Waals surface area (Å²) in [6.07, 6.45) is -0.428. The van der Waals surface area contributed by atoms with Gasteiger partial charge in [-0.2, -0.15) is 13.6 Å². The first kappa shape index (κ1) is 46.0. The summed E-state index contributed by atoms with van der Waals surface area (Å²) in [5, 5.41) is 14.6. The molecule has 62 heavy (non-hydrogen) atoms. The molecule has 4 atom stereocenters. The monoisotopic (exact) mass is 917 g/mol. The minimum Gasteiger partial charge on any atom is -0.478 e. The standard InChI is InChI=1S/C37H39N6O16P3/c1-41(2)23-8-12-27-30(17-23)57-31-18-24(42(3)4)9-13-28(31)33(27)26-11-7-21(16-29(26)36(45)46)35(44)39-15-5-6-22-19-43(37(47)40-34(22)38)32-14-10-25(56-32)20-55-61(51,52)59-62(53,54)58-60(48,49)50/h7-9,11-13,16-19,25,32H,10,14-15,20H2,1-4H3,(H7-,38,39,40,44,45,46,47,48,49,50,51,52,53,54)/p+1/t25-,32+/m0/s1. The SMILES string of the molecule is CN(C)c1ccc2c(-c3ccc(C(=O)NCC#Cc4cn([C@H]5CC[C@@H](COP(=O)(O)OP(=O)(O)OP(=O)(O)O)O5)c(=O)nc4N)cc3C(=O)O)c3ccc(=[N+](C)C)cc-3oc2c1. The van der Waals surface area contributed by atoms with E-state index in [-0.39, 0.29) is 41.9 Å². The van der Waals surface area contributed by atoms with Gasteiger partial charge >= 0.3 is 35.1 Å². The van der Waals surface area contributed by atoms with Crippen molar-refractivity contribution in [2.24, 2.45) is 0 Å². The molecule has 1 saturated heterocycles. The Morgan fingerprint density at radius 2 is 1.73 bits per heavy atom. The van der Waals surface area contributed by atoms with Gasteiger partial charge in [0.2, 0.25) is 5.36 Å². The highest BCUT2D eigenvalue weighted by Crippen LogP contribution is 2.66. The number of carbonyl (C=O) groups excluding carboxylic acids is 1. The molecule has 22 nitrogen and oxygen atoms in total. The first-order chi connectivity index (χ1) is 29.0. The number of nitrogens with one attached hydrogen (secondary N) is 1. The van der Waals surface area contributed by atoms with Crippen LogP contribution in [0.1, 0.15) is 45.3 Å². The second kappa shape index (κ2) is 18.1. The third-order valence-corrected chi connectivity index (χ3v) is 13.1. The van der Waals surface area contributed by atoms with Crippen molar-refractivity contribution in [2.75, 3.05) is 52.0 Å². The van der Waals surface area contributed by atoms with Gasteiger partial charge in [0.05, 0.1) is 36.4 Å². The number of carbonyl (C=O) groups is 2. The summed E-state index contributed by atoms with van der Waals surface area (Å²) < 4.78 is 61.5. The maximum absolute atomic E-state index is 13.3. The minimum atomic E-state index is -5.72. The molecule has 328 valence electrons. The molecule has 3 aromatic rings. The number of phosphoric ester groups is 1. The van der Waals surface area contributed by atoms with E-state index in [0.29, 0.717) is 33.4 Å². The summed E-state index contributed by atoms with van der Waals surface area (Å²) in [6, 6.07) is 15.6. The molecule has 3 heterocycles. The van der Waals surface area contributed by atoms with Gasteiger partial charge in [-0.1, -0.05) is 17.9 Å². The molecule has 1 amide bonds. The number of nitrogens with zero attached hydrogens (tertiary/aromatic N) is 4. The Balaban J connectivity index is 1.17. The second-order valence-electron chi connectivity index (χ2n) is 14.1. The number of hydrogen-bond acceptors (Lipinski definition) is 14. The minimum absolute atomic E-state index is 0.0440. The largest absolute Gasteiger partial charge is 0.490 e. The van der Waals surface area contributed by atoms with E-state index >= 15 is 0 Å². The van der Waals surface area contributed by atoms with Crippen LogP contribution in [0.2, 0.25) is 0 Å².